The van der Waals surface area contributed by atoms with E-state index in [0.29, 0.717) is 0 Å². The minimum absolute atomic E-state index is 0.150. The fourth-order valence-corrected chi connectivity index (χ4v) is 2.78. The van der Waals surface area contributed by atoms with Crippen molar-refractivity contribution >= 4 is 23.9 Å². The van der Waals surface area contributed by atoms with Gasteiger partial charge in [0.2, 0.25) is 10.8 Å². The number of rotatable bonds is 11. The summed E-state index contributed by atoms with van der Waals surface area (Å²) in [5.41, 5.74) is -5.14. The van der Waals surface area contributed by atoms with E-state index >= 15 is 0 Å². The molecule has 0 aromatic heterocycles. The zero-order chi connectivity index (χ0) is 21.8. The maximum absolute atomic E-state index is 13.0. The van der Waals surface area contributed by atoms with Crippen molar-refractivity contribution in [1.29, 1.82) is 0 Å². The highest BCUT2D eigenvalue weighted by molar-refractivity contribution is 6.15. The molecular formula is C20H26O8. The van der Waals surface area contributed by atoms with Crippen LogP contribution in [0.2, 0.25) is 0 Å². The number of carbonyl (C=O) groups excluding carboxylic acids is 4. The van der Waals surface area contributed by atoms with Crippen LogP contribution >= 0.6 is 0 Å². The number of hydrogen-bond donors (Lipinski definition) is 0. The van der Waals surface area contributed by atoms with Gasteiger partial charge in [-0.3, -0.25) is 19.2 Å². The van der Waals surface area contributed by atoms with Crippen LogP contribution in [-0.2, 0) is 38.1 Å². The molecule has 0 saturated carbocycles. The average molecular weight is 394 g/mol. The van der Waals surface area contributed by atoms with Gasteiger partial charge in [0, 0.05) is 12.8 Å². The molecule has 8 heteroatoms. The first-order valence-electron chi connectivity index (χ1n) is 8.86. The minimum Gasteiger partial charge on any atom is -0.465 e. The summed E-state index contributed by atoms with van der Waals surface area (Å²) in [7, 11) is 0. The van der Waals surface area contributed by atoms with Gasteiger partial charge in [-0.2, -0.15) is 0 Å². The molecule has 0 spiro atoms. The second-order valence-corrected chi connectivity index (χ2v) is 5.45. The zero-order valence-electron chi connectivity index (χ0n) is 16.7. The molecule has 0 N–H and O–H groups in total. The van der Waals surface area contributed by atoms with E-state index in [-0.39, 0.29) is 26.4 Å². The maximum Gasteiger partial charge on any atom is 0.326 e. The molecular weight excluding hydrogens is 368 g/mol. The molecule has 0 heterocycles. The Kier molecular flexibility index (Phi) is 10.4. The van der Waals surface area contributed by atoms with Crippen molar-refractivity contribution in [2.45, 2.75) is 40.5 Å². The standard InChI is InChI=1S/C20H26O8/c1-7-13-19(15(21)25-9-3,16(22)26-10-4)20(14-8-2,17(23)27-11-5)18(24)28-12-6/h1-2H,9-14H2,3-6H3. The summed E-state index contributed by atoms with van der Waals surface area (Å²) in [6.45, 7) is 5.35. The molecule has 0 aromatic rings. The van der Waals surface area contributed by atoms with Crippen molar-refractivity contribution in [2.24, 2.45) is 10.8 Å². The molecule has 0 fully saturated rings. The molecule has 0 aliphatic rings. The Morgan fingerprint density at radius 1 is 0.607 bits per heavy atom. The van der Waals surface area contributed by atoms with Crippen LogP contribution in [0.1, 0.15) is 40.5 Å². The van der Waals surface area contributed by atoms with Crippen molar-refractivity contribution in [3.05, 3.63) is 0 Å². The van der Waals surface area contributed by atoms with Gasteiger partial charge < -0.3 is 18.9 Å². The molecule has 0 radical (unpaired) electrons. The molecule has 0 bridgehead atoms. The van der Waals surface area contributed by atoms with Crippen LogP contribution in [-0.4, -0.2) is 50.3 Å². The Morgan fingerprint density at radius 2 is 0.821 bits per heavy atom. The van der Waals surface area contributed by atoms with Crippen molar-refractivity contribution in [3.63, 3.8) is 0 Å². The summed E-state index contributed by atoms with van der Waals surface area (Å²) in [5, 5.41) is 0. The summed E-state index contributed by atoms with van der Waals surface area (Å²) in [5.74, 6) is -0.561. The van der Waals surface area contributed by atoms with E-state index in [9.17, 15) is 19.2 Å². The Balaban J connectivity index is 7.23. The highest BCUT2D eigenvalue weighted by Crippen LogP contribution is 2.49. The fraction of sp³-hybridized carbons (Fsp3) is 0.600. The van der Waals surface area contributed by atoms with E-state index < -0.39 is 47.5 Å². The lowest BCUT2D eigenvalue weighted by Gasteiger charge is -2.40. The van der Waals surface area contributed by atoms with Gasteiger partial charge in [0.05, 0.1) is 26.4 Å². The van der Waals surface area contributed by atoms with Gasteiger partial charge in [0.25, 0.3) is 0 Å². The molecule has 0 amide bonds. The first-order valence-corrected chi connectivity index (χ1v) is 8.86. The van der Waals surface area contributed by atoms with E-state index in [2.05, 4.69) is 11.8 Å². The highest BCUT2D eigenvalue weighted by atomic mass is 16.6. The predicted molar refractivity (Wildman–Crippen MR) is 98.3 cm³/mol. The smallest absolute Gasteiger partial charge is 0.326 e. The fourth-order valence-electron chi connectivity index (χ4n) is 2.78. The van der Waals surface area contributed by atoms with E-state index in [1.807, 2.05) is 0 Å². The van der Waals surface area contributed by atoms with Gasteiger partial charge in [-0.25, -0.2) is 0 Å². The molecule has 28 heavy (non-hydrogen) atoms. The molecule has 0 aliphatic carbocycles. The number of ether oxygens (including phenoxy) is 4. The highest BCUT2D eigenvalue weighted by Gasteiger charge is 2.72. The summed E-state index contributed by atoms with van der Waals surface area (Å²) >= 11 is 0. The van der Waals surface area contributed by atoms with E-state index in [1.54, 1.807) is 0 Å². The molecule has 0 unspecified atom stereocenters. The number of terminal acetylenes is 2. The van der Waals surface area contributed by atoms with Crippen LogP contribution in [0.15, 0.2) is 0 Å². The second kappa shape index (κ2) is 11.7. The predicted octanol–water partition coefficient (Wildman–Crippen LogP) is 1.26. The Bertz CT molecular complexity index is 571. The van der Waals surface area contributed by atoms with Crippen LogP contribution in [0.4, 0.5) is 0 Å². The molecule has 8 nitrogen and oxygen atoms in total. The topological polar surface area (TPSA) is 105 Å². The lowest BCUT2D eigenvalue weighted by Crippen LogP contribution is -2.62. The summed E-state index contributed by atoms with van der Waals surface area (Å²) in [6, 6.07) is 0. The first kappa shape index (κ1) is 25.0. The monoisotopic (exact) mass is 394 g/mol. The van der Waals surface area contributed by atoms with Crippen molar-refractivity contribution in [1.82, 2.24) is 0 Å². The second-order valence-electron chi connectivity index (χ2n) is 5.45. The van der Waals surface area contributed by atoms with Crippen molar-refractivity contribution in [2.75, 3.05) is 26.4 Å². The Labute approximate surface area is 165 Å². The van der Waals surface area contributed by atoms with E-state index in [1.165, 1.54) is 27.7 Å². The molecule has 0 aliphatic heterocycles. The summed E-state index contributed by atoms with van der Waals surface area (Å²) in [4.78, 5) is 52.0. The van der Waals surface area contributed by atoms with Gasteiger partial charge in [-0.15, -0.1) is 24.7 Å². The third kappa shape index (κ3) is 4.45. The molecule has 0 aromatic carbocycles. The van der Waals surface area contributed by atoms with Crippen LogP contribution < -0.4 is 0 Å². The summed E-state index contributed by atoms with van der Waals surface area (Å²) < 4.78 is 20.1. The first-order chi connectivity index (χ1) is 13.3. The molecule has 154 valence electrons. The maximum atomic E-state index is 13.0. The molecule has 0 rings (SSSR count). The van der Waals surface area contributed by atoms with Gasteiger partial charge in [0.1, 0.15) is 0 Å². The third-order valence-corrected chi connectivity index (χ3v) is 3.96. The van der Waals surface area contributed by atoms with Crippen LogP contribution in [0.3, 0.4) is 0 Å². The summed E-state index contributed by atoms with van der Waals surface area (Å²) in [6.07, 6.45) is 9.42. The largest absolute Gasteiger partial charge is 0.465 e. The van der Waals surface area contributed by atoms with E-state index in [0.717, 1.165) is 0 Å². The van der Waals surface area contributed by atoms with E-state index in [4.69, 9.17) is 31.8 Å². The lowest BCUT2D eigenvalue weighted by molar-refractivity contribution is -0.202. The van der Waals surface area contributed by atoms with Crippen LogP contribution in [0.5, 0.6) is 0 Å². The van der Waals surface area contributed by atoms with Gasteiger partial charge in [-0.05, 0) is 27.7 Å². The van der Waals surface area contributed by atoms with Gasteiger partial charge in [-0.1, -0.05) is 0 Å². The lowest BCUT2D eigenvalue weighted by atomic mass is 9.59. The SMILES string of the molecule is C#CCC(C(=O)OCC)(C(=O)OCC)C(CC#C)(C(=O)OCC)C(=O)OCC. The minimum atomic E-state index is -2.57. The number of hydrogen-bond acceptors (Lipinski definition) is 8. The normalized spacial score (nSPS) is 10.8. The molecule has 0 saturated heterocycles. The van der Waals surface area contributed by atoms with Gasteiger partial charge >= 0.3 is 23.9 Å². The van der Waals surface area contributed by atoms with Gasteiger partial charge in [0.15, 0.2) is 0 Å². The van der Waals surface area contributed by atoms with Crippen molar-refractivity contribution < 1.29 is 38.1 Å². The Morgan fingerprint density at radius 3 is 0.964 bits per heavy atom. The zero-order valence-corrected chi connectivity index (χ0v) is 16.7. The van der Waals surface area contributed by atoms with Crippen LogP contribution in [0, 0.1) is 35.5 Å². The third-order valence-electron chi connectivity index (χ3n) is 3.96. The number of carbonyl (C=O) groups is 4. The molecule has 0 atom stereocenters. The average Bonchev–Trinajstić information content (AvgIpc) is 2.65. The number of esters is 4. The van der Waals surface area contributed by atoms with Crippen LogP contribution in [0.25, 0.3) is 0 Å². The quantitative estimate of drug-likeness (QED) is 0.223. The van der Waals surface area contributed by atoms with Crippen molar-refractivity contribution in [3.8, 4) is 24.7 Å². The Hall–Kier alpha value is -3.00.